The van der Waals surface area contributed by atoms with E-state index < -0.39 is 5.96 Å². The van der Waals surface area contributed by atoms with Crippen LogP contribution in [-0.4, -0.2) is 39.9 Å². The van der Waals surface area contributed by atoms with Gasteiger partial charge in [-0.1, -0.05) is 0 Å². The molecule has 1 nitrogen and oxygen atoms in total. The second kappa shape index (κ2) is 2.74. The Kier molecular flexibility index (Phi) is 2.94. The Labute approximate surface area is 62.4 Å². The average Bonchev–Trinajstić information content (AvgIpc) is 1.57. The van der Waals surface area contributed by atoms with Crippen molar-refractivity contribution in [1.82, 2.24) is 0 Å². The molecule has 9 heavy (non-hydrogen) atoms. The number of halogens is 1. The fraction of sp³-hybridized carbons (Fsp3) is 1.00. The van der Waals surface area contributed by atoms with E-state index >= 15 is 0 Å². The Hall–Kier alpha value is 0.680. The molecule has 58 valence electrons. The second-order valence-electron chi connectivity index (χ2n) is 3.63. The molecule has 3 heteroatoms. The van der Waals surface area contributed by atoms with Gasteiger partial charge in [0.15, 0.2) is 0 Å². The molecule has 0 aromatic carbocycles. The number of hydrogen-bond acceptors (Lipinski definition) is 1. The summed E-state index contributed by atoms with van der Waals surface area (Å²) in [6, 6.07) is 0. The van der Waals surface area contributed by atoms with Gasteiger partial charge >= 0.3 is 61.8 Å². The quantitative estimate of drug-likeness (QED) is 0.591. The molecule has 0 atom stereocenters. The molecule has 0 bridgehead atoms. The summed E-state index contributed by atoms with van der Waals surface area (Å²) in [6.07, 6.45) is 1.00. The summed E-state index contributed by atoms with van der Waals surface area (Å²) in [5, 5.41) is 0. The molecular formula is C6H16ClOP. The van der Waals surface area contributed by atoms with Gasteiger partial charge in [-0.05, 0) is 0 Å². The van der Waals surface area contributed by atoms with Crippen LogP contribution in [0, 0.1) is 0 Å². The van der Waals surface area contributed by atoms with Crippen LogP contribution in [0.4, 0.5) is 0 Å². The van der Waals surface area contributed by atoms with E-state index in [-0.39, 0.29) is 0 Å². The summed E-state index contributed by atoms with van der Waals surface area (Å²) >= 11 is 6.22. The third-order valence-electron chi connectivity index (χ3n) is 1.05. The Morgan fingerprint density at radius 3 is 1.89 bits per heavy atom. The van der Waals surface area contributed by atoms with Crippen molar-refractivity contribution in [2.45, 2.75) is 0 Å². The van der Waals surface area contributed by atoms with Crippen LogP contribution >= 0.6 is 17.2 Å². The monoisotopic (exact) mass is 170 g/mol. The normalized spacial score (nSPS) is 16.8. The van der Waals surface area contributed by atoms with E-state index in [4.69, 9.17) is 16.0 Å². The zero-order valence-electron chi connectivity index (χ0n) is 6.65. The third-order valence-corrected chi connectivity index (χ3v) is 3.25. The first-order valence-electron chi connectivity index (χ1n) is 3.02. The summed E-state index contributed by atoms with van der Waals surface area (Å²) in [6.45, 7) is 7.18. The molecule has 0 rings (SSSR count). The molecule has 0 aliphatic rings. The first-order chi connectivity index (χ1) is 3.81. The van der Waals surface area contributed by atoms with Crippen molar-refractivity contribution in [2.75, 3.05) is 39.9 Å². The van der Waals surface area contributed by atoms with Crippen LogP contribution in [0.1, 0.15) is 0 Å². The van der Waals surface area contributed by atoms with E-state index in [1.54, 1.807) is 7.11 Å². The van der Waals surface area contributed by atoms with Gasteiger partial charge in [0.05, 0.1) is 0 Å². The van der Waals surface area contributed by atoms with E-state index in [2.05, 4.69) is 20.0 Å². The van der Waals surface area contributed by atoms with Crippen molar-refractivity contribution in [3.63, 3.8) is 0 Å². The predicted molar refractivity (Wildman–Crippen MR) is 47.3 cm³/mol. The summed E-state index contributed by atoms with van der Waals surface area (Å²) < 4.78 is 4.93. The van der Waals surface area contributed by atoms with Gasteiger partial charge in [-0.2, -0.15) is 0 Å². The topological polar surface area (TPSA) is 9.23 Å². The van der Waals surface area contributed by atoms with Gasteiger partial charge in [0.25, 0.3) is 0 Å². The molecule has 0 radical (unpaired) electrons. The van der Waals surface area contributed by atoms with E-state index in [0.29, 0.717) is 0 Å². The van der Waals surface area contributed by atoms with E-state index in [9.17, 15) is 0 Å². The van der Waals surface area contributed by atoms with E-state index in [1.165, 1.54) is 0 Å². The first-order valence-corrected chi connectivity index (χ1v) is 7.69. The summed E-state index contributed by atoms with van der Waals surface area (Å²) in [5.41, 5.74) is 0. The Bertz CT molecular complexity index is 85.7. The van der Waals surface area contributed by atoms with Crippen LogP contribution in [0.2, 0.25) is 0 Å². The average molecular weight is 171 g/mol. The zero-order chi connectivity index (χ0) is 7.57. The standard InChI is InChI=1S/C6H16ClOP/c1-8-5-6-9(2,3,4)7/h5-6H2,1-4H3. The molecule has 0 aromatic rings. The SMILES string of the molecule is COCCP(C)(C)(C)Cl. The molecule has 0 spiro atoms. The first kappa shape index (κ1) is 9.68. The summed E-state index contributed by atoms with van der Waals surface area (Å²) in [5.74, 6) is -1.78. The van der Waals surface area contributed by atoms with Crippen LogP contribution in [0.25, 0.3) is 0 Å². The van der Waals surface area contributed by atoms with Crippen LogP contribution in [0.5, 0.6) is 0 Å². The van der Waals surface area contributed by atoms with Gasteiger partial charge in [0.2, 0.25) is 0 Å². The van der Waals surface area contributed by atoms with Crippen LogP contribution < -0.4 is 0 Å². The van der Waals surface area contributed by atoms with Gasteiger partial charge in [0, 0.05) is 0 Å². The second-order valence-corrected chi connectivity index (χ2v) is 13.7. The van der Waals surface area contributed by atoms with Crippen molar-refractivity contribution in [3.05, 3.63) is 0 Å². The molecule has 0 N–H and O–H groups in total. The number of methoxy groups -OCH3 is 1. The Morgan fingerprint density at radius 1 is 1.33 bits per heavy atom. The molecule has 0 aliphatic carbocycles. The van der Waals surface area contributed by atoms with Crippen molar-refractivity contribution in [2.24, 2.45) is 0 Å². The zero-order valence-corrected chi connectivity index (χ0v) is 8.30. The van der Waals surface area contributed by atoms with Crippen LogP contribution in [-0.2, 0) is 4.74 Å². The van der Waals surface area contributed by atoms with Gasteiger partial charge in [-0.3, -0.25) is 0 Å². The van der Waals surface area contributed by atoms with Crippen LogP contribution in [0.15, 0.2) is 0 Å². The maximum absolute atomic E-state index is 6.22. The predicted octanol–water partition coefficient (Wildman–Crippen LogP) is 2.23. The fourth-order valence-electron chi connectivity index (χ4n) is 0.400. The molecule has 0 heterocycles. The molecule has 0 unspecified atom stereocenters. The van der Waals surface area contributed by atoms with Gasteiger partial charge < -0.3 is 0 Å². The maximum atomic E-state index is 6.22. The number of hydrogen-bond donors (Lipinski definition) is 0. The summed E-state index contributed by atoms with van der Waals surface area (Å²) in [7, 11) is 1.71. The molecule has 0 aliphatic heterocycles. The molecule has 0 amide bonds. The summed E-state index contributed by atoms with van der Waals surface area (Å²) in [4.78, 5) is 0. The minimum absolute atomic E-state index is 0.783. The molecule has 0 aromatic heterocycles. The third kappa shape index (κ3) is 8.68. The molecule has 0 saturated heterocycles. The Balaban J connectivity index is 3.60. The van der Waals surface area contributed by atoms with Gasteiger partial charge in [-0.25, -0.2) is 0 Å². The molecular weight excluding hydrogens is 154 g/mol. The fourth-order valence-corrected chi connectivity index (χ4v) is 1.41. The van der Waals surface area contributed by atoms with Gasteiger partial charge in [0.1, 0.15) is 0 Å². The molecule has 0 saturated carbocycles. The van der Waals surface area contributed by atoms with Crippen molar-refractivity contribution < 1.29 is 4.74 Å². The van der Waals surface area contributed by atoms with Gasteiger partial charge in [-0.15, -0.1) is 0 Å². The van der Waals surface area contributed by atoms with Crippen LogP contribution in [0.3, 0.4) is 0 Å². The van der Waals surface area contributed by atoms with E-state index in [0.717, 1.165) is 12.8 Å². The van der Waals surface area contributed by atoms with Crippen molar-refractivity contribution in [3.8, 4) is 0 Å². The van der Waals surface area contributed by atoms with Crippen molar-refractivity contribution in [1.29, 1.82) is 0 Å². The van der Waals surface area contributed by atoms with Crippen molar-refractivity contribution >= 4 is 17.2 Å². The van der Waals surface area contributed by atoms with E-state index in [1.807, 2.05) is 0 Å². The number of ether oxygens (including phenoxy) is 1. The number of rotatable bonds is 3. The minimum atomic E-state index is -1.78. The Morgan fingerprint density at radius 2 is 1.78 bits per heavy atom. The molecule has 0 fully saturated rings.